The van der Waals surface area contributed by atoms with Crippen molar-refractivity contribution in [2.45, 2.75) is 13.5 Å². The van der Waals surface area contributed by atoms with Crippen LogP contribution in [0.4, 0.5) is 0 Å². The number of nitrogens with zero attached hydrogens (tertiary/aromatic N) is 3. The lowest BCUT2D eigenvalue weighted by molar-refractivity contribution is 0.584. The molecule has 5 heteroatoms. The standard InChI is InChI=1S/C22H16ClN3O/c1-2-26-19-6-4-3-5-17(19)18-13-15(9-12-20(18)26)22-25-24-21(27-22)14-7-10-16(23)11-8-14/h3-13H,2H2,1H3. The van der Waals surface area contributed by atoms with E-state index in [9.17, 15) is 0 Å². The number of fused-ring (bicyclic) bond motifs is 3. The highest BCUT2D eigenvalue weighted by Gasteiger charge is 2.14. The summed E-state index contributed by atoms with van der Waals surface area (Å²) in [7, 11) is 0. The minimum Gasteiger partial charge on any atom is -0.416 e. The average molecular weight is 374 g/mol. The molecule has 0 unspecified atom stereocenters. The van der Waals surface area contributed by atoms with E-state index in [1.807, 2.05) is 30.3 Å². The van der Waals surface area contributed by atoms with Gasteiger partial charge >= 0.3 is 0 Å². The summed E-state index contributed by atoms with van der Waals surface area (Å²) in [5, 5.41) is 11.5. The zero-order chi connectivity index (χ0) is 18.4. The Labute approximate surface area is 161 Å². The van der Waals surface area contributed by atoms with Crippen molar-refractivity contribution in [3.8, 4) is 22.9 Å². The molecule has 0 aliphatic carbocycles. The smallest absolute Gasteiger partial charge is 0.248 e. The van der Waals surface area contributed by atoms with Crippen molar-refractivity contribution >= 4 is 33.4 Å². The first-order chi connectivity index (χ1) is 13.2. The van der Waals surface area contributed by atoms with Gasteiger partial charge in [0.25, 0.3) is 0 Å². The van der Waals surface area contributed by atoms with Crippen molar-refractivity contribution in [1.29, 1.82) is 0 Å². The van der Waals surface area contributed by atoms with Gasteiger partial charge in [0.05, 0.1) is 0 Å². The van der Waals surface area contributed by atoms with Crippen LogP contribution >= 0.6 is 11.6 Å². The van der Waals surface area contributed by atoms with Crippen LogP contribution in [0, 0.1) is 0 Å². The Morgan fingerprint density at radius 3 is 2.26 bits per heavy atom. The van der Waals surface area contributed by atoms with E-state index in [1.165, 1.54) is 21.8 Å². The highest BCUT2D eigenvalue weighted by Crippen LogP contribution is 2.33. The number of rotatable bonds is 3. The number of halogens is 1. The van der Waals surface area contributed by atoms with Crippen LogP contribution in [0.3, 0.4) is 0 Å². The van der Waals surface area contributed by atoms with E-state index >= 15 is 0 Å². The minimum absolute atomic E-state index is 0.484. The molecule has 0 bridgehead atoms. The van der Waals surface area contributed by atoms with Gasteiger partial charge in [-0.05, 0) is 55.5 Å². The van der Waals surface area contributed by atoms with Crippen LogP contribution in [-0.2, 0) is 6.54 Å². The van der Waals surface area contributed by atoms with Crippen LogP contribution < -0.4 is 0 Å². The average Bonchev–Trinajstić information content (AvgIpc) is 3.31. The molecule has 3 aromatic carbocycles. The normalized spacial score (nSPS) is 11.5. The van der Waals surface area contributed by atoms with Crippen LogP contribution in [0.15, 0.2) is 71.1 Å². The van der Waals surface area contributed by atoms with E-state index in [2.05, 4.69) is 58.1 Å². The molecular formula is C22H16ClN3O. The lowest BCUT2D eigenvalue weighted by Gasteiger charge is -2.02. The van der Waals surface area contributed by atoms with E-state index < -0.39 is 0 Å². The summed E-state index contributed by atoms with van der Waals surface area (Å²) in [5.41, 5.74) is 4.20. The lowest BCUT2D eigenvalue weighted by atomic mass is 10.1. The maximum atomic E-state index is 5.95. The van der Waals surface area contributed by atoms with Gasteiger partial charge in [-0.25, -0.2) is 0 Å². The van der Waals surface area contributed by atoms with Crippen LogP contribution in [0.25, 0.3) is 44.7 Å². The summed E-state index contributed by atoms with van der Waals surface area (Å²) >= 11 is 5.95. The van der Waals surface area contributed by atoms with E-state index in [0.717, 1.165) is 17.7 Å². The fourth-order valence-electron chi connectivity index (χ4n) is 3.58. The second kappa shape index (κ2) is 6.25. The van der Waals surface area contributed by atoms with Crippen LogP contribution in [0.2, 0.25) is 5.02 Å². The monoisotopic (exact) mass is 373 g/mol. The minimum atomic E-state index is 0.484. The highest BCUT2D eigenvalue weighted by molar-refractivity contribution is 6.30. The molecule has 0 aliphatic rings. The van der Waals surface area contributed by atoms with Crippen molar-refractivity contribution in [1.82, 2.24) is 14.8 Å². The maximum Gasteiger partial charge on any atom is 0.248 e. The number of aromatic nitrogens is 3. The molecule has 0 aliphatic heterocycles. The van der Waals surface area contributed by atoms with Gasteiger partial charge in [0.15, 0.2) is 0 Å². The molecule has 27 heavy (non-hydrogen) atoms. The molecule has 0 radical (unpaired) electrons. The third kappa shape index (κ3) is 2.61. The molecule has 4 nitrogen and oxygen atoms in total. The molecule has 5 rings (SSSR count). The van der Waals surface area contributed by atoms with Gasteiger partial charge in [-0.2, -0.15) is 0 Å². The molecule has 0 spiro atoms. The Morgan fingerprint density at radius 1 is 0.815 bits per heavy atom. The van der Waals surface area contributed by atoms with E-state index in [4.69, 9.17) is 16.0 Å². The first-order valence-electron chi connectivity index (χ1n) is 8.85. The second-order valence-electron chi connectivity index (χ2n) is 6.41. The summed E-state index contributed by atoms with van der Waals surface area (Å²) in [6.45, 7) is 3.08. The molecule has 0 atom stereocenters. The van der Waals surface area contributed by atoms with Gasteiger partial charge in [-0.1, -0.05) is 29.8 Å². The highest BCUT2D eigenvalue weighted by atomic mass is 35.5. The van der Waals surface area contributed by atoms with Crippen molar-refractivity contribution in [3.05, 3.63) is 71.8 Å². The summed E-state index contributed by atoms with van der Waals surface area (Å²) in [5.74, 6) is 0.993. The second-order valence-corrected chi connectivity index (χ2v) is 6.85. The molecular weight excluding hydrogens is 358 g/mol. The fourth-order valence-corrected chi connectivity index (χ4v) is 3.70. The molecule has 2 heterocycles. The molecule has 0 fully saturated rings. The number of hydrogen-bond donors (Lipinski definition) is 0. The van der Waals surface area contributed by atoms with Crippen molar-refractivity contribution in [2.75, 3.05) is 0 Å². The summed E-state index contributed by atoms with van der Waals surface area (Å²) < 4.78 is 8.24. The van der Waals surface area contributed by atoms with E-state index in [1.54, 1.807) is 0 Å². The van der Waals surface area contributed by atoms with Crippen molar-refractivity contribution < 1.29 is 4.42 Å². The Kier molecular flexibility index (Phi) is 3.73. The van der Waals surface area contributed by atoms with Crippen LogP contribution in [0.5, 0.6) is 0 Å². The SMILES string of the molecule is CCn1c2ccccc2c2cc(-c3nnc(-c4ccc(Cl)cc4)o3)ccc21. The number of benzene rings is 3. The van der Waals surface area contributed by atoms with Gasteiger partial charge < -0.3 is 8.98 Å². The summed E-state index contributed by atoms with van der Waals surface area (Å²) in [6, 6.07) is 22.1. The predicted molar refractivity (Wildman–Crippen MR) is 109 cm³/mol. The Hall–Kier alpha value is -3.11. The van der Waals surface area contributed by atoms with Crippen LogP contribution in [0.1, 0.15) is 6.92 Å². The zero-order valence-corrected chi connectivity index (χ0v) is 15.4. The molecule has 2 aromatic heterocycles. The van der Waals surface area contributed by atoms with Gasteiger partial charge in [0, 0.05) is 44.5 Å². The van der Waals surface area contributed by atoms with Gasteiger partial charge in [-0.3, -0.25) is 0 Å². The fraction of sp³-hybridized carbons (Fsp3) is 0.0909. The Balaban J connectivity index is 1.64. The first kappa shape index (κ1) is 16.1. The molecule has 0 saturated heterocycles. The maximum absolute atomic E-state index is 5.95. The van der Waals surface area contributed by atoms with Crippen LogP contribution in [-0.4, -0.2) is 14.8 Å². The Morgan fingerprint density at radius 2 is 1.48 bits per heavy atom. The number of para-hydroxylation sites is 1. The largest absolute Gasteiger partial charge is 0.416 e. The molecule has 0 saturated carbocycles. The lowest BCUT2D eigenvalue weighted by Crippen LogP contribution is -1.92. The van der Waals surface area contributed by atoms with E-state index in [0.29, 0.717) is 16.8 Å². The van der Waals surface area contributed by atoms with E-state index in [-0.39, 0.29) is 0 Å². The topological polar surface area (TPSA) is 43.9 Å². The van der Waals surface area contributed by atoms with Crippen molar-refractivity contribution in [2.24, 2.45) is 0 Å². The molecule has 0 N–H and O–H groups in total. The Bertz CT molecular complexity index is 1270. The number of hydrogen-bond acceptors (Lipinski definition) is 3. The first-order valence-corrected chi connectivity index (χ1v) is 9.23. The molecule has 5 aromatic rings. The quantitative estimate of drug-likeness (QED) is 0.379. The predicted octanol–water partition coefficient (Wildman–Crippen LogP) is 6.18. The summed E-state index contributed by atoms with van der Waals surface area (Å²) in [6.07, 6.45) is 0. The molecule has 0 amide bonds. The zero-order valence-electron chi connectivity index (χ0n) is 14.7. The van der Waals surface area contributed by atoms with Gasteiger partial charge in [0.2, 0.25) is 11.8 Å². The number of aryl methyl sites for hydroxylation is 1. The summed E-state index contributed by atoms with van der Waals surface area (Å²) in [4.78, 5) is 0. The van der Waals surface area contributed by atoms with Gasteiger partial charge in [-0.15, -0.1) is 10.2 Å². The van der Waals surface area contributed by atoms with Gasteiger partial charge in [0.1, 0.15) is 0 Å². The van der Waals surface area contributed by atoms with Crippen molar-refractivity contribution in [3.63, 3.8) is 0 Å². The third-order valence-electron chi connectivity index (χ3n) is 4.85. The third-order valence-corrected chi connectivity index (χ3v) is 5.10. The molecule has 132 valence electrons.